The zero-order chi connectivity index (χ0) is 13.9. The number of ether oxygens (including phenoxy) is 1. The maximum Gasteiger partial charge on any atom is 0.213 e. The molecule has 4 nitrogen and oxygen atoms in total. The Labute approximate surface area is 119 Å². The average Bonchev–Trinajstić information content (AvgIpc) is 2.48. The van der Waals surface area contributed by atoms with Gasteiger partial charge in [0.25, 0.3) is 0 Å². The summed E-state index contributed by atoms with van der Waals surface area (Å²) in [6.07, 6.45) is 2.29. The van der Waals surface area contributed by atoms with Gasteiger partial charge >= 0.3 is 0 Å². The maximum absolute atomic E-state index is 5.92. The van der Waals surface area contributed by atoms with Crippen LogP contribution in [0.2, 0.25) is 0 Å². The van der Waals surface area contributed by atoms with E-state index in [-0.39, 0.29) is 0 Å². The molecule has 4 heteroatoms. The van der Waals surface area contributed by atoms with Crippen molar-refractivity contribution in [3.05, 3.63) is 47.7 Å². The van der Waals surface area contributed by atoms with Crippen LogP contribution in [0.5, 0.6) is 5.88 Å². The molecule has 104 valence electrons. The molecule has 1 aromatic heterocycles. The van der Waals surface area contributed by atoms with Gasteiger partial charge < -0.3 is 15.4 Å². The van der Waals surface area contributed by atoms with Gasteiger partial charge in [0.1, 0.15) is 0 Å². The van der Waals surface area contributed by atoms with E-state index in [4.69, 9.17) is 10.5 Å². The number of anilines is 2. The second kappa shape index (κ2) is 5.41. The number of hydrogen-bond acceptors (Lipinski definition) is 4. The number of nitrogens with zero attached hydrogens (tertiary/aromatic N) is 2. The Morgan fingerprint density at radius 2 is 2.20 bits per heavy atom. The second-order valence-corrected chi connectivity index (χ2v) is 5.08. The Balaban J connectivity index is 1.87. The second-order valence-electron chi connectivity index (χ2n) is 5.08. The number of hydrogen-bond donors (Lipinski definition) is 1. The molecule has 0 saturated heterocycles. The van der Waals surface area contributed by atoms with Crippen LogP contribution in [0.25, 0.3) is 0 Å². The highest BCUT2D eigenvalue weighted by atomic mass is 16.5. The molecule has 3 rings (SSSR count). The molecule has 1 aromatic carbocycles. The van der Waals surface area contributed by atoms with E-state index in [1.165, 1.54) is 17.7 Å². The predicted molar refractivity (Wildman–Crippen MR) is 81.0 cm³/mol. The van der Waals surface area contributed by atoms with Crippen LogP contribution >= 0.6 is 0 Å². The minimum Gasteiger partial charge on any atom is -0.481 e. The molecule has 0 saturated carbocycles. The average molecular weight is 269 g/mol. The molecular weight excluding hydrogens is 250 g/mol. The Kier molecular flexibility index (Phi) is 3.46. The van der Waals surface area contributed by atoms with Gasteiger partial charge in [-0.1, -0.05) is 12.1 Å². The monoisotopic (exact) mass is 269 g/mol. The number of nitrogen functional groups attached to an aromatic ring is 1. The molecule has 0 radical (unpaired) electrons. The topological polar surface area (TPSA) is 51.4 Å². The van der Waals surface area contributed by atoms with Crippen molar-refractivity contribution in [2.45, 2.75) is 19.4 Å². The zero-order valence-corrected chi connectivity index (χ0v) is 11.7. The van der Waals surface area contributed by atoms with Crippen LogP contribution < -0.4 is 15.4 Å². The minimum atomic E-state index is 0.660. The van der Waals surface area contributed by atoms with Crippen LogP contribution in [0.3, 0.4) is 0 Å². The summed E-state index contributed by atoms with van der Waals surface area (Å²) in [6, 6.07) is 12.1. The van der Waals surface area contributed by atoms with E-state index in [2.05, 4.69) is 22.0 Å². The summed E-state index contributed by atoms with van der Waals surface area (Å²) >= 11 is 0. The number of pyridine rings is 1. The summed E-state index contributed by atoms with van der Waals surface area (Å²) in [6.45, 7) is 1.82. The van der Waals surface area contributed by atoms with Gasteiger partial charge in [-0.05, 0) is 36.6 Å². The highest BCUT2D eigenvalue weighted by Gasteiger charge is 2.17. The highest BCUT2D eigenvalue weighted by Crippen LogP contribution is 2.30. The van der Waals surface area contributed by atoms with E-state index in [1.54, 1.807) is 7.11 Å². The first-order valence-corrected chi connectivity index (χ1v) is 6.89. The minimum absolute atomic E-state index is 0.660. The zero-order valence-electron chi connectivity index (χ0n) is 11.7. The van der Waals surface area contributed by atoms with Crippen LogP contribution in [0.1, 0.15) is 17.7 Å². The number of benzene rings is 1. The fourth-order valence-electron chi connectivity index (χ4n) is 2.69. The van der Waals surface area contributed by atoms with Crippen molar-refractivity contribution >= 4 is 11.4 Å². The van der Waals surface area contributed by atoms with Crippen molar-refractivity contribution in [1.29, 1.82) is 0 Å². The molecule has 0 bridgehead atoms. The molecule has 0 aliphatic carbocycles. The van der Waals surface area contributed by atoms with Crippen LogP contribution in [0.15, 0.2) is 36.4 Å². The van der Waals surface area contributed by atoms with E-state index in [1.807, 2.05) is 24.3 Å². The SMILES string of the molecule is COc1cccc(CN2CCCc3ccc(N)cc32)n1. The predicted octanol–water partition coefficient (Wildman–Crippen LogP) is 2.63. The molecule has 2 aromatic rings. The Morgan fingerprint density at radius 1 is 1.30 bits per heavy atom. The summed E-state index contributed by atoms with van der Waals surface area (Å²) in [5.41, 5.74) is 10.4. The number of rotatable bonds is 3. The van der Waals surface area contributed by atoms with E-state index in [0.717, 1.165) is 30.9 Å². The number of aromatic nitrogens is 1. The van der Waals surface area contributed by atoms with Crippen molar-refractivity contribution in [1.82, 2.24) is 4.98 Å². The lowest BCUT2D eigenvalue weighted by Gasteiger charge is -2.31. The van der Waals surface area contributed by atoms with Gasteiger partial charge in [-0.25, -0.2) is 4.98 Å². The first-order chi connectivity index (χ1) is 9.76. The van der Waals surface area contributed by atoms with Gasteiger partial charge in [-0.15, -0.1) is 0 Å². The molecule has 0 spiro atoms. The van der Waals surface area contributed by atoms with Crippen LogP contribution in [-0.2, 0) is 13.0 Å². The molecule has 0 amide bonds. The summed E-state index contributed by atoms with van der Waals surface area (Å²) < 4.78 is 5.18. The van der Waals surface area contributed by atoms with Crippen molar-refractivity contribution in [3.63, 3.8) is 0 Å². The fraction of sp³-hybridized carbons (Fsp3) is 0.312. The Hall–Kier alpha value is -2.23. The lowest BCUT2D eigenvalue weighted by atomic mass is 10.0. The van der Waals surface area contributed by atoms with E-state index in [9.17, 15) is 0 Å². The third-order valence-corrected chi connectivity index (χ3v) is 3.67. The van der Waals surface area contributed by atoms with Gasteiger partial charge in [-0.2, -0.15) is 0 Å². The molecular formula is C16H19N3O. The highest BCUT2D eigenvalue weighted by molar-refractivity contribution is 5.62. The summed E-state index contributed by atoms with van der Waals surface area (Å²) in [5.74, 6) is 0.660. The quantitative estimate of drug-likeness (QED) is 0.870. The molecule has 2 heterocycles. The van der Waals surface area contributed by atoms with Gasteiger partial charge in [0.15, 0.2) is 0 Å². The first kappa shape index (κ1) is 12.8. The van der Waals surface area contributed by atoms with E-state index >= 15 is 0 Å². The summed E-state index contributed by atoms with van der Waals surface area (Å²) in [7, 11) is 1.64. The van der Waals surface area contributed by atoms with Gasteiger partial charge in [0, 0.05) is 24.0 Å². The Morgan fingerprint density at radius 3 is 3.05 bits per heavy atom. The summed E-state index contributed by atoms with van der Waals surface area (Å²) in [4.78, 5) is 6.83. The van der Waals surface area contributed by atoms with E-state index in [0.29, 0.717) is 5.88 Å². The first-order valence-electron chi connectivity index (χ1n) is 6.89. The van der Waals surface area contributed by atoms with Gasteiger partial charge in [0.05, 0.1) is 19.3 Å². The maximum atomic E-state index is 5.92. The molecule has 0 fully saturated rings. The molecule has 0 atom stereocenters. The molecule has 20 heavy (non-hydrogen) atoms. The van der Waals surface area contributed by atoms with Crippen molar-refractivity contribution < 1.29 is 4.74 Å². The standard InChI is InChI=1S/C16H19N3O/c1-20-16-6-2-5-14(18-16)11-19-9-3-4-12-7-8-13(17)10-15(12)19/h2,5-8,10H,3-4,9,11,17H2,1H3. The number of fused-ring (bicyclic) bond motifs is 1. The van der Waals surface area contributed by atoms with Crippen LogP contribution in [0, 0.1) is 0 Å². The third-order valence-electron chi connectivity index (χ3n) is 3.67. The van der Waals surface area contributed by atoms with Gasteiger partial charge in [0.2, 0.25) is 5.88 Å². The lowest BCUT2D eigenvalue weighted by Crippen LogP contribution is -2.29. The molecule has 1 aliphatic heterocycles. The molecule has 0 unspecified atom stereocenters. The van der Waals surface area contributed by atoms with Crippen LogP contribution in [-0.4, -0.2) is 18.6 Å². The van der Waals surface area contributed by atoms with Crippen molar-refractivity contribution in [2.75, 3.05) is 24.3 Å². The number of aryl methyl sites for hydroxylation is 1. The fourth-order valence-corrected chi connectivity index (χ4v) is 2.69. The molecule has 1 aliphatic rings. The van der Waals surface area contributed by atoms with Gasteiger partial charge in [-0.3, -0.25) is 0 Å². The summed E-state index contributed by atoms with van der Waals surface area (Å²) in [5, 5.41) is 0. The normalized spacial score (nSPS) is 13.9. The smallest absolute Gasteiger partial charge is 0.213 e. The third kappa shape index (κ3) is 2.54. The molecule has 2 N–H and O–H groups in total. The number of nitrogens with two attached hydrogens (primary N) is 1. The largest absolute Gasteiger partial charge is 0.481 e. The van der Waals surface area contributed by atoms with Crippen LogP contribution in [0.4, 0.5) is 11.4 Å². The Bertz CT molecular complexity index is 612. The van der Waals surface area contributed by atoms with Crippen molar-refractivity contribution in [2.24, 2.45) is 0 Å². The van der Waals surface area contributed by atoms with E-state index < -0.39 is 0 Å². The van der Waals surface area contributed by atoms with Crippen molar-refractivity contribution in [3.8, 4) is 5.88 Å². The number of methoxy groups -OCH3 is 1. The lowest BCUT2D eigenvalue weighted by molar-refractivity contribution is 0.396.